The molecule has 0 radical (unpaired) electrons. The van der Waals surface area contributed by atoms with Crippen molar-refractivity contribution in [3.63, 3.8) is 0 Å². The van der Waals surface area contributed by atoms with E-state index in [9.17, 15) is 4.39 Å². The van der Waals surface area contributed by atoms with Crippen molar-refractivity contribution in [2.45, 2.75) is 0 Å². The molecular formula is C15H7BrCl2FNO. The summed E-state index contributed by atoms with van der Waals surface area (Å²) in [5.74, 6) is 0.326. The summed E-state index contributed by atoms with van der Waals surface area (Å²) in [6.07, 6.45) is 0. The maximum absolute atomic E-state index is 12.9. The Morgan fingerprint density at radius 1 is 1.05 bits per heavy atom. The highest BCUT2D eigenvalue weighted by atomic mass is 79.9. The maximum Gasteiger partial charge on any atom is 0.183 e. The summed E-state index contributed by atoms with van der Waals surface area (Å²) >= 11 is 15.9. The van der Waals surface area contributed by atoms with Crippen molar-refractivity contribution in [1.82, 2.24) is 4.98 Å². The van der Waals surface area contributed by atoms with Crippen LogP contribution in [0.5, 0.6) is 11.5 Å². The molecule has 21 heavy (non-hydrogen) atoms. The van der Waals surface area contributed by atoms with Gasteiger partial charge in [-0.1, -0.05) is 39.1 Å². The highest BCUT2D eigenvalue weighted by molar-refractivity contribution is 9.10. The van der Waals surface area contributed by atoms with Gasteiger partial charge in [0.25, 0.3) is 0 Å². The molecule has 6 heteroatoms. The molecule has 0 bridgehead atoms. The summed E-state index contributed by atoms with van der Waals surface area (Å²) in [5, 5.41) is 1.22. The number of rotatable bonds is 2. The van der Waals surface area contributed by atoms with Crippen LogP contribution in [0.25, 0.3) is 10.9 Å². The second kappa shape index (κ2) is 5.79. The highest BCUT2D eigenvalue weighted by Gasteiger charge is 2.15. The summed E-state index contributed by atoms with van der Waals surface area (Å²) in [6.45, 7) is 0. The van der Waals surface area contributed by atoms with Crippen molar-refractivity contribution < 1.29 is 9.13 Å². The molecular weight excluding hydrogens is 380 g/mol. The van der Waals surface area contributed by atoms with E-state index in [2.05, 4.69) is 20.9 Å². The Hall–Kier alpha value is -1.36. The van der Waals surface area contributed by atoms with Crippen molar-refractivity contribution in [2.24, 2.45) is 0 Å². The Labute approximate surface area is 138 Å². The molecule has 0 N–H and O–H groups in total. The molecule has 1 heterocycles. The fourth-order valence-corrected chi connectivity index (χ4v) is 2.77. The molecule has 0 aliphatic rings. The zero-order valence-corrected chi connectivity index (χ0v) is 13.5. The largest absolute Gasteiger partial charge is 0.453 e. The summed E-state index contributed by atoms with van der Waals surface area (Å²) in [4.78, 5) is 4.25. The van der Waals surface area contributed by atoms with Crippen molar-refractivity contribution in [3.8, 4) is 11.5 Å². The first-order chi connectivity index (χ1) is 10.0. The average molecular weight is 387 g/mol. The van der Waals surface area contributed by atoms with Crippen LogP contribution in [0.3, 0.4) is 0 Å². The first-order valence-corrected chi connectivity index (χ1v) is 7.47. The zero-order valence-electron chi connectivity index (χ0n) is 10.4. The number of fused-ring (bicyclic) bond motifs is 1. The van der Waals surface area contributed by atoms with Crippen LogP contribution in [0.1, 0.15) is 0 Å². The van der Waals surface area contributed by atoms with Crippen LogP contribution < -0.4 is 4.74 Å². The maximum atomic E-state index is 12.9. The third-order valence-electron chi connectivity index (χ3n) is 2.83. The quantitative estimate of drug-likeness (QED) is 0.486. The fraction of sp³-hybridized carbons (Fsp3) is 0. The molecule has 1 aromatic heterocycles. The van der Waals surface area contributed by atoms with Gasteiger partial charge in [0.1, 0.15) is 11.6 Å². The van der Waals surface area contributed by atoms with Crippen LogP contribution in [0, 0.1) is 5.82 Å². The Morgan fingerprint density at radius 3 is 2.48 bits per heavy atom. The fourth-order valence-electron chi connectivity index (χ4n) is 1.86. The van der Waals surface area contributed by atoms with E-state index in [0.29, 0.717) is 21.7 Å². The van der Waals surface area contributed by atoms with Gasteiger partial charge in [-0.15, -0.1) is 0 Å². The molecule has 106 valence electrons. The van der Waals surface area contributed by atoms with Crippen molar-refractivity contribution >= 4 is 50.0 Å². The molecule has 0 amide bonds. The van der Waals surface area contributed by atoms with Crippen LogP contribution in [-0.4, -0.2) is 4.98 Å². The molecule has 2 nitrogen and oxygen atoms in total. The van der Waals surface area contributed by atoms with E-state index in [1.165, 1.54) is 24.3 Å². The van der Waals surface area contributed by atoms with Gasteiger partial charge < -0.3 is 4.74 Å². The third kappa shape index (κ3) is 2.98. The predicted octanol–water partition coefficient (Wildman–Crippen LogP) is 6.24. The van der Waals surface area contributed by atoms with Gasteiger partial charge in [0.05, 0.1) is 10.5 Å². The van der Waals surface area contributed by atoms with Crippen molar-refractivity contribution in [2.75, 3.05) is 0 Å². The first kappa shape index (κ1) is 14.6. The molecule has 2 aromatic carbocycles. The lowest BCUT2D eigenvalue weighted by atomic mass is 10.2. The van der Waals surface area contributed by atoms with Gasteiger partial charge >= 0.3 is 0 Å². The van der Waals surface area contributed by atoms with E-state index in [-0.39, 0.29) is 16.7 Å². The lowest BCUT2D eigenvalue weighted by Gasteiger charge is -2.11. The Morgan fingerprint density at radius 2 is 1.76 bits per heavy atom. The standard InChI is InChI=1S/C15H7BrCl2FNO/c16-8-1-6-12-11(7-8)13(17)14(15(18)20-12)21-10-4-2-9(19)3-5-10/h1-7H. The molecule has 3 rings (SSSR count). The van der Waals surface area contributed by atoms with Gasteiger partial charge in [-0.3, -0.25) is 0 Å². The van der Waals surface area contributed by atoms with Gasteiger partial charge in [-0.25, -0.2) is 9.37 Å². The van der Waals surface area contributed by atoms with E-state index in [4.69, 9.17) is 27.9 Å². The number of pyridine rings is 1. The number of ether oxygens (including phenoxy) is 1. The molecule has 0 aliphatic heterocycles. The Balaban J connectivity index is 2.11. The molecule has 0 saturated heterocycles. The first-order valence-electron chi connectivity index (χ1n) is 5.92. The molecule has 0 fully saturated rings. The van der Waals surface area contributed by atoms with Gasteiger partial charge in [0, 0.05) is 9.86 Å². The molecule has 0 atom stereocenters. The Kier molecular flexibility index (Phi) is 4.02. The molecule has 0 spiro atoms. The van der Waals surface area contributed by atoms with Crippen LogP contribution in [0.2, 0.25) is 10.2 Å². The lowest BCUT2D eigenvalue weighted by molar-refractivity contribution is 0.480. The summed E-state index contributed by atoms with van der Waals surface area (Å²) < 4.78 is 19.4. The number of hydrogen-bond acceptors (Lipinski definition) is 2. The number of nitrogens with zero attached hydrogens (tertiary/aromatic N) is 1. The van der Waals surface area contributed by atoms with E-state index in [1.54, 1.807) is 6.07 Å². The van der Waals surface area contributed by atoms with Crippen LogP contribution in [0.4, 0.5) is 4.39 Å². The second-order valence-electron chi connectivity index (χ2n) is 4.26. The monoisotopic (exact) mass is 385 g/mol. The second-order valence-corrected chi connectivity index (χ2v) is 5.91. The van der Waals surface area contributed by atoms with Gasteiger partial charge in [0.15, 0.2) is 10.9 Å². The van der Waals surface area contributed by atoms with E-state index < -0.39 is 0 Å². The number of benzene rings is 2. The summed E-state index contributed by atoms with van der Waals surface area (Å²) in [7, 11) is 0. The smallest absolute Gasteiger partial charge is 0.183 e. The van der Waals surface area contributed by atoms with E-state index >= 15 is 0 Å². The van der Waals surface area contributed by atoms with E-state index in [0.717, 1.165) is 4.47 Å². The average Bonchev–Trinajstić information content (AvgIpc) is 2.46. The summed E-state index contributed by atoms with van der Waals surface area (Å²) in [5.41, 5.74) is 0.666. The molecule has 0 unspecified atom stereocenters. The van der Waals surface area contributed by atoms with Crippen LogP contribution >= 0.6 is 39.1 Å². The highest BCUT2D eigenvalue weighted by Crippen LogP contribution is 2.40. The third-order valence-corrected chi connectivity index (χ3v) is 3.96. The zero-order chi connectivity index (χ0) is 15.0. The Bertz CT molecular complexity index is 824. The van der Waals surface area contributed by atoms with Gasteiger partial charge in [0.2, 0.25) is 0 Å². The predicted molar refractivity (Wildman–Crippen MR) is 85.9 cm³/mol. The molecule has 0 saturated carbocycles. The summed E-state index contributed by atoms with van der Waals surface area (Å²) in [6, 6.07) is 11.1. The minimum atomic E-state index is -0.347. The number of hydrogen-bond donors (Lipinski definition) is 0. The van der Waals surface area contributed by atoms with Crippen LogP contribution in [0.15, 0.2) is 46.9 Å². The minimum Gasteiger partial charge on any atom is -0.453 e. The molecule has 0 aliphatic carbocycles. The van der Waals surface area contributed by atoms with Crippen molar-refractivity contribution in [3.05, 3.63) is 62.9 Å². The van der Waals surface area contributed by atoms with Crippen molar-refractivity contribution in [1.29, 1.82) is 0 Å². The van der Waals surface area contributed by atoms with Crippen LogP contribution in [-0.2, 0) is 0 Å². The number of halogens is 4. The minimum absolute atomic E-state index is 0.152. The lowest BCUT2D eigenvalue weighted by Crippen LogP contribution is -1.91. The van der Waals surface area contributed by atoms with E-state index in [1.807, 2.05) is 12.1 Å². The topological polar surface area (TPSA) is 22.1 Å². The molecule has 3 aromatic rings. The van der Waals surface area contributed by atoms with Gasteiger partial charge in [-0.2, -0.15) is 0 Å². The normalized spacial score (nSPS) is 10.9. The van der Waals surface area contributed by atoms with Gasteiger partial charge in [-0.05, 0) is 42.5 Å². The SMILES string of the molecule is Fc1ccc(Oc2c(Cl)nc3ccc(Br)cc3c2Cl)cc1. The number of aromatic nitrogens is 1.